The smallest absolute Gasteiger partial charge is 0.328 e. The fourth-order valence-electron chi connectivity index (χ4n) is 2.39. The van der Waals surface area contributed by atoms with Gasteiger partial charge < -0.3 is 41.7 Å². The Hall–Kier alpha value is -3.52. The number of rotatable bonds is 10. The van der Waals surface area contributed by atoms with Crippen LogP contribution < -0.4 is 22.1 Å². The lowest BCUT2D eigenvalue weighted by Gasteiger charge is -2.19. The van der Waals surface area contributed by atoms with E-state index in [1.54, 1.807) is 6.20 Å². The van der Waals surface area contributed by atoms with Gasteiger partial charge in [-0.25, -0.2) is 14.6 Å². The van der Waals surface area contributed by atoms with Gasteiger partial charge in [-0.05, 0) is 6.92 Å². The molecule has 0 fully saturated rings. The highest BCUT2D eigenvalue weighted by atomic mass is 16.4. The van der Waals surface area contributed by atoms with Gasteiger partial charge in [0.2, 0.25) is 17.7 Å². The lowest BCUT2D eigenvalue weighted by molar-refractivity contribution is -0.141. The van der Waals surface area contributed by atoms with Crippen molar-refractivity contribution in [3.05, 3.63) is 30.0 Å². The molecule has 0 radical (unpaired) electrons. The summed E-state index contributed by atoms with van der Waals surface area (Å²) in [6, 6.07) is -4.35. The molecule has 29 heavy (non-hydrogen) atoms. The Kier molecular flexibility index (Phi) is 7.21. The number of imidazole rings is 1. The predicted molar refractivity (Wildman–Crippen MR) is 94.8 cm³/mol. The summed E-state index contributed by atoms with van der Waals surface area (Å²) >= 11 is 0. The van der Waals surface area contributed by atoms with Gasteiger partial charge in [0.05, 0.1) is 24.9 Å². The van der Waals surface area contributed by atoms with Crippen LogP contribution in [0.25, 0.3) is 0 Å². The van der Waals surface area contributed by atoms with Crippen molar-refractivity contribution < 1.29 is 29.0 Å². The lowest BCUT2D eigenvalue weighted by atomic mass is 10.2. The van der Waals surface area contributed by atoms with Crippen molar-refractivity contribution in [2.24, 2.45) is 11.5 Å². The maximum atomic E-state index is 12.1. The number of aliphatic carboxylic acids is 1. The van der Waals surface area contributed by atoms with E-state index in [0.717, 1.165) is 5.69 Å². The third-order valence-corrected chi connectivity index (χ3v) is 3.81. The van der Waals surface area contributed by atoms with Crippen LogP contribution in [0, 0.1) is 0 Å². The fraction of sp³-hybridized carbons (Fsp3) is 0.467. The second kappa shape index (κ2) is 9.61. The number of nitrogens with two attached hydrogens (primary N) is 2. The highest BCUT2D eigenvalue weighted by Crippen LogP contribution is 2.19. The number of carboxylic acids is 1. The molecule has 158 valence electrons. The van der Waals surface area contributed by atoms with Crippen LogP contribution in [-0.4, -0.2) is 60.4 Å². The monoisotopic (exact) mass is 410 g/mol. The quantitative estimate of drug-likeness (QED) is 0.229. The molecular weight excluding hydrogens is 388 g/mol. The Morgan fingerprint density at radius 2 is 1.97 bits per heavy atom. The Labute approximate surface area is 164 Å². The number of carbonyl (C=O) groups is 3. The van der Waals surface area contributed by atoms with Gasteiger partial charge in [-0.1, -0.05) is 0 Å². The summed E-state index contributed by atoms with van der Waals surface area (Å²) in [7, 11) is 0. The number of nitrogens with zero attached hydrogens (tertiary/aromatic N) is 3. The first kappa shape index (κ1) is 21.8. The summed E-state index contributed by atoms with van der Waals surface area (Å²) in [5.74, 6) is -2.30. The van der Waals surface area contributed by atoms with Crippen LogP contribution in [0.15, 0.2) is 16.9 Å². The van der Waals surface area contributed by atoms with Crippen molar-refractivity contribution in [2.75, 3.05) is 0 Å². The minimum Gasteiger partial charge on any atom is -0.480 e. The largest absolute Gasteiger partial charge is 0.480 e. The highest BCUT2D eigenvalue weighted by Gasteiger charge is 2.29. The summed E-state index contributed by atoms with van der Waals surface area (Å²) in [4.78, 5) is 41.3. The van der Waals surface area contributed by atoms with Crippen molar-refractivity contribution in [2.45, 2.75) is 44.0 Å². The number of carboxylic acid groups (broad SMARTS) is 1. The van der Waals surface area contributed by atoms with Crippen LogP contribution in [0.1, 0.15) is 42.9 Å². The summed E-state index contributed by atoms with van der Waals surface area (Å²) in [5.41, 5.74) is 11.9. The molecule has 2 rings (SSSR count). The van der Waals surface area contributed by atoms with Crippen LogP contribution in [0.5, 0.6) is 0 Å². The third-order valence-electron chi connectivity index (χ3n) is 3.81. The molecule has 3 amide bonds. The molecule has 14 heteroatoms. The SMILES string of the molecule is CC(O)C(NC(=O)N[C@@H](CC(N)=O)c1nnc([C@@H](N)Cc2cnc[nH]2)o1)C(=O)O. The minimum absolute atomic E-state index is 0.0543. The van der Waals surface area contributed by atoms with Gasteiger partial charge in [-0.3, -0.25) is 4.79 Å². The number of aromatic amines is 1. The summed E-state index contributed by atoms with van der Waals surface area (Å²) < 4.78 is 5.46. The van der Waals surface area contributed by atoms with Gasteiger partial charge in [0, 0.05) is 18.3 Å². The second-order valence-electron chi connectivity index (χ2n) is 6.26. The first-order chi connectivity index (χ1) is 13.7. The van der Waals surface area contributed by atoms with Crippen LogP contribution in [0.4, 0.5) is 4.79 Å². The maximum Gasteiger partial charge on any atom is 0.328 e. The standard InChI is InChI=1S/C15H22N8O6/c1-6(24)11(14(26)27)21-15(28)20-9(3-10(17)25)13-23-22-12(29-13)8(16)2-7-4-18-5-19-7/h4-6,8-9,11,24H,2-3,16H2,1H3,(H2,17,25)(H,18,19)(H,26,27)(H2,20,21,28)/t6?,8-,9-,11?/m0/s1. The molecule has 0 bridgehead atoms. The van der Waals surface area contributed by atoms with E-state index < -0.39 is 48.6 Å². The second-order valence-corrected chi connectivity index (χ2v) is 6.26. The van der Waals surface area contributed by atoms with E-state index in [-0.39, 0.29) is 11.8 Å². The zero-order chi connectivity index (χ0) is 21.6. The Morgan fingerprint density at radius 1 is 1.28 bits per heavy atom. The van der Waals surface area contributed by atoms with Crippen LogP contribution in [0.3, 0.4) is 0 Å². The number of urea groups is 1. The molecule has 0 aromatic carbocycles. The number of aliphatic hydroxyl groups excluding tert-OH is 1. The van der Waals surface area contributed by atoms with E-state index in [0.29, 0.717) is 6.42 Å². The first-order valence-corrected chi connectivity index (χ1v) is 8.49. The number of carbonyl (C=O) groups excluding carboxylic acids is 2. The number of amides is 3. The number of H-pyrrole nitrogens is 1. The van der Waals surface area contributed by atoms with Crippen LogP contribution >= 0.6 is 0 Å². The number of hydrogen-bond donors (Lipinski definition) is 7. The molecule has 2 heterocycles. The average molecular weight is 410 g/mol. The van der Waals surface area contributed by atoms with Gasteiger partial charge in [-0.15, -0.1) is 10.2 Å². The maximum absolute atomic E-state index is 12.1. The topological polar surface area (TPSA) is 235 Å². The Balaban J connectivity index is 2.09. The Bertz CT molecular complexity index is 836. The third kappa shape index (κ3) is 6.25. The van der Waals surface area contributed by atoms with Crippen molar-refractivity contribution in [3.8, 4) is 0 Å². The van der Waals surface area contributed by atoms with Crippen LogP contribution in [-0.2, 0) is 16.0 Å². The first-order valence-electron chi connectivity index (χ1n) is 8.49. The molecule has 0 spiro atoms. The molecule has 0 aliphatic heterocycles. The molecule has 0 aliphatic carbocycles. The van der Waals surface area contributed by atoms with Gasteiger partial charge in [-0.2, -0.15) is 0 Å². The summed E-state index contributed by atoms with van der Waals surface area (Å²) in [6.07, 6.45) is 1.65. The fourth-order valence-corrected chi connectivity index (χ4v) is 2.39. The van der Waals surface area contributed by atoms with Gasteiger partial charge in [0.15, 0.2) is 6.04 Å². The normalized spacial score (nSPS) is 15.1. The number of aliphatic hydroxyl groups is 1. The molecule has 0 saturated heterocycles. The summed E-state index contributed by atoms with van der Waals surface area (Å²) in [6.45, 7) is 1.20. The molecule has 2 aromatic rings. The highest BCUT2D eigenvalue weighted by molar-refractivity contribution is 5.83. The zero-order valence-electron chi connectivity index (χ0n) is 15.4. The van der Waals surface area contributed by atoms with Crippen molar-refractivity contribution in [1.82, 2.24) is 30.8 Å². The van der Waals surface area contributed by atoms with Crippen molar-refractivity contribution >= 4 is 17.9 Å². The van der Waals surface area contributed by atoms with Gasteiger partial charge >= 0.3 is 12.0 Å². The number of hydrogen-bond acceptors (Lipinski definition) is 9. The van der Waals surface area contributed by atoms with Crippen molar-refractivity contribution in [3.63, 3.8) is 0 Å². The van der Waals surface area contributed by atoms with E-state index in [1.165, 1.54) is 13.3 Å². The van der Waals surface area contributed by atoms with Gasteiger partial charge in [0.1, 0.15) is 6.04 Å². The molecule has 9 N–H and O–H groups in total. The molecule has 14 nitrogen and oxygen atoms in total. The molecule has 0 saturated carbocycles. The molecule has 4 atom stereocenters. The number of primary amides is 1. The van der Waals surface area contributed by atoms with E-state index in [1.807, 2.05) is 0 Å². The van der Waals surface area contributed by atoms with E-state index in [2.05, 4.69) is 30.8 Å². The van der Waals surface area contributed by atoms with Crippen LogP contribution in [0.2, 0.25) is 0 Å². The van der Waals surface area contributed by atoms with E-state index >= 15 is 0 Å². The molecule has 0 aliphatic rings. The number of aromatic nitrogens is 4. The molecule has 2 unspecified atom stereocenters. The average Bonchev–Trinajstić information content (AvgIpc) is 3.29. The molecular formula is C15H22N8O6. The summed E-state index contributed by atoms with van der Waals surface area (Å²) in [5, 5.41) is 30.5. The minimum atomic E-state index is -1.56. The van der Waals surface area contributed by atoms with Crippen molar-refractivity contribution in [1.29, 1.82) is 0 Å². The molecule has 2 aromatic heterocycles. The lowest BCUT2D eigenvalue weighted by Crippen LogP contribution is -2.52. The van der Waals surface area contributed by atoms with E-state index in [9.17, 15) is 19.5 Å². The zero-order valence-corrected chi connectivity index (χ0v) is 15.4. The number of nitrogens with one attached hydrogen (secondary N) is 3. The van der Waals surface area contributed by atoms with Gasteiger partial charge in [0.25, 0.3) is 0 Å². The Morgan fingerprint density at radius 3 is 2.52 bits per heavy atom. The predicted octanol–water partition coefficient (Wildman–Crippen LogP) is -1.92. The van der Waals surface area contributed by atoms with E-state index in [4.69, 9.17) is 21.0 Å².